The van der Waals surface area contributed by atoms with E-state index < -0.39 is 35.9 Å². The fraction of sp³-hybridized carbons (Fsp3) is 0.567. The van der Waals surface area contributed by atoms with Gasteiger partial charge in [-0.1, -0.05) is 63.8 Å². The number of carboxylic acid groups (broad SMARTS) is 1. The topological polar surface area (TPSA) is 126 Å². The molecule has 3 unspecified atom stereocenters. The molecule has 0 bridgehead atoms. The monoisotopic (exact) mass is 585 g/mol. The van der Waals surface area contributed by atoms with Gasteiger partial charge >= 0.3 is 11.9 Å². The van der Waals surface area contributed by atoms with Crippen LogP contribution in [-0.4, -0.2) is 65.7 Å². The summed E-state index contributed by atoms with van der Waals surface area (Å²) in [6, 6.07) is 7.30. The first-order chi connectivity index (χ1) is 19.3. The molecule has 2 rings (SSSR count). The Morgan fingerprint density at radius 1 is 1.12 bits per heavy atom. The van der Waals surface area contributed by atoms with Gasteiger partial charge in [-0.3, -0.25) is 19.2 Å². The molecule has 2 aromatic rings. The summed E-state index contributed by atoms with van der Waals surface area (Å²) in [6.07, 6.45) is 2.56. The third kappa shape index (κ3) is 10.9. The number of hydrogen-bond acceptors (Lipinski definition) is 7. The molecule has 2 N–H and O–H groups in total. The molecule has 1 aromatic carbocycles. The summed E-state index contributed by atoms with van der Waals surface area (Å²) in [5.41, 5.74) is 2.28. The van der Waals surface area contributed by atoms with Crippen LogP contribution in [0, 0.1) is 11.8 Å². The van der Waals surface area contributed by atoms with Gasteiger partial charge in [0.05, 0.1) is 5.92 Å². The zero-order valence-electron chi connectivity index (χ0n) is 25.3. The van der Waals surface area contributed by atoms with E-state index in [4.69, 9.17) is 4.74 Å². The Morgan fingerprint density at radius 3 is 2.34 bits per heavy atom. The minimum Gasteiger partial charge on any atom is -0.481 e. The molecular weight excluding hydrogens is 541 g/mol. The first-order valence-electron chi connectivity index (χ1n) is 14.3. The number of esters is 1. The molecule has 224 valence electrons. The molecule has 11 heteroatoms. The van der Waals surface area contributed by atoms with Crippen molar-refractivity contribution in [2.45, 2.75) is 91.3 Å². The normalized spacial score (nSPS) is 14.1. The lowest BCUT2D eigenvalue weighted by Gasteiger charge is -2.33. The van der Waals surface area contributed by atoms with E-state index in [1.165, 1.54) is 18.3 Å². The Morgan fingerprint density at radius 2 is 1.78 bits per heavy atom. The number of nitrogens with zero attached hydrogens (tertiary/aromatic N) is 2. The van der Waals surface area contributed by atoms with E-state index in [0.29, 0.717) is 24.3 Å². The minimum absolute atomic E-state index is 0.0431. The van der Waals surface area contributed by atoms with Crippen molar-refractivity contribution in [2.75, 3.05) is 7.05 Å². The summed E-state index contributed by atoms with van der Waals surface area (Å²) in [6.45, 7) is 9.03. The van der Waals surface area contributed by atoms with Crippen molar-refractivity contribution in [3.63, 3.8) is 0 Å². The summed E-state index contributed by atoms with van der Waals surface area (Å²) in [4.78, 5) is 55.8. The molecule has 0 saturated carbocycles. The third-order valence-electron chi connectivity index (χ3n) is 7.20. The molecule has 0 aliphatic carbocycles. The van der Waals surface area contributed by atoms with E-state index in [-0.39, 0.29) is 30.0 Å². The van der Waals surface area contributed by atoms with Gasteiger partial charge in [0.2, 0.25) is 5.91 Å². The Balaban J connectivity index is 2.24. The number of amides is 2. The van der Waals surface area contributed by atoms with Crippen molar-refractivity contribution >= 4 is 48.4 Å². The van der Waals surface area contributed by atoms with Gasteiger partial charge in [0.25, 0.3) is 5.91 Å². The lowest BCUT2D eigenvalue weighted by atomic mass is 9.92. The number of hydrogen-bond donors (Lipinski definition) is 2. The van der Waals surface area contributed by atoms with Crippen LogP contribution in [0.25, 0.3) is 0 Å². The van der Waals surface area contributed by atoms with Gasteiger partial charge in [-0.2, -0.15) is 0 Å². The van der Waals surface area contributed by atoms with Gasteiger partial charge < -0.3 is 20.1 Å². The molecule has 0 saturated heterocycles. The number of carboxylic acids is 1. The highest BCUT2D eigenvalue weighted by Gasteiger charge is 2.31. The predicted molar refractivity (Wildman–Crippen MR) is 163 cm³/mol. The molecule has 1 heterocycles. The van der Waals surface area contributed by atoms with Gasteiger partial charge in [-0.25, -0.2) is 4.98 Å². The van der Waals surface area contributed by atoms with Gasteiger partial charge in [-0.15, -0.1) is 11.3 Å². The predicted octanol–water partition coefficient (Wildman–Crippen LogP) is 3.52. The number of benzene rings is 1. The van der Waals surface area contributed by atoms with E-state index in [2.05, 4.69) is 10.3 Å². The van der Waals surface area contributed by atoms with Gasteiger partial charge in [-0.05, 0) is 30.7 Å². The van der Waals surface area contributed by atoms with Crippen molar-refractivity contribution in [3.8, 4) is 0 Å². The average Bonchev–Trinajstić information content (AvgIpc) is 3.40. The van der Waals surface area contributed by atoms with E-state index in [1.54, 1.807) is 24.3 Å². The van der Waals surface area contributed by atoms with Crippen molar-refractivity contribution in [1.82, 2.24) is 15.2 Å². The summed E-state index contributed by atoms with van der Waals surface area (Å²) in [5.74, 6) is -2.32. The maximum atomic E-state index is 13.3. The molecule has 4 atom stereocenters. The molecule has 9 nitrogen and oxygen atoms in total. The zero-order valence-corrected chi connectivity index (χ0v) is 26.1. The highest BCUT2D eigenvalue weighted by molar-refractivity contribution is 7.09. The van der Waals surface area contributed by atoms with E-state index in [1.807, 2.05) is 52.9 Å². The van der Waals surface area contributed by atoms with E-state index >= 15 is 0 Å². The maximum Gasteiger partial charge on any atom is 0.306 e. The average molecular weight is 586 g/mol. The molecule has 0 fully saturated rings. The number of rotatable bonds is 16. The minimum atomic E-state index is -0.925. The summed E-state index contributed by atoms with van der Waals surface area (Å²) < 4.78 is 5.64. The number of aliphatic carboxylic acids is 1. The second-order valence-electron chi connectivity index (χ2n) is 11.2. The number of carbonyl (C=O) groups excluding carboxylic acids is 3. The summed E-state index contributed by atoms with van der Waals surface area (Å²) >= 11 is 1.22. The zero-order chi connectivity index (χ0) is 30.7. The molecule has 2 amide bonds. The first-order valence-corrected chi connectivity index (χ1v) is 15.2. The van der Waals surface area contributed by atoms with Crippen molar-refractivity contribution in [1.29, 1.82) is 0 Å². The third-order valence-corrected chi connectivity index (χ3v) is 8.13. The number of thiazole rings is 1. The molecular formula is C30H44BN3O6S. The Hall–Kier alpha value is -3.21. The lowest BCUT2D eigenvalue weighted by molar-refractivity contribution is -0.148. The standard InChI is InChI=1S/C30H44BN3O6S/c1-7-8-9-27(36)34(6)25(18(2)3)16-26(40-20(5)35)29-33-24(17-41-29)28(37)32-23(14-19(4)30(38)39)15-21-10-12-22(31)13-11-21/h10-13,17-19,23,25-26H,7-9,14-16,31H2,1-6H3,(H,32,37)(H,38,39)/t19?,23-,25?,26?/m1/s1. The van der Waals surface area contributed by atoms with Gasteiger partial charge in [0.15, 0.2) is 6.10 Å². The van der Waals surface area contributed by atoms with Crippen LogP contribution in [0.3, 0.4) is 0 Å². The SMILES string of the molecule is Bc1ccc(C[C@@H](CC(C)C(=O)O)NC(=O)c2csc(C(CC(C(C)C)N(C)C(=O)CCCC)OC(C)=O)n2)cc1. The van der Waals surface area contributed by atoms with Crippen molar-refractivity contribution in [2.24, 2.45) is 11.8 Å². The number of carbonyl (C=O) groups is 4. The number of nitrogens with one attached hydrogen (secondary N) is 1. The fourth-order valence-corrected chi connectivity index (χ4v) is 5.55. The van der Waals surface area contributed by atoms with E-state index in [0.717, 1.165) is 23.9 Å². The van der Waals surface area contributed by atoms with Crippen LogP contribution in [0.2, 0.25) is 0 Å². The quantitative estimate of drug-likeness (QED) is 0.228. The second kappa shape index (κ2) is 16.3. The largest absolute Gasteiger partial charge is 0.481 e. The number of aromatic nitrogens is 1. The molecule has 0 aliphatic rings. The number of ether oxygens (including phenoxy) is 1. The molecule has 1 aromatic heterocycles. The van der Waals surface area contributed by atoms with Gasteiger partial charge in [0, 0.05) is 44.3 Å². The fourth-order valence-electron chi connectivity index (χ4n) is 4.71. The highest BCUT2D eigenvalue weighted by atomic mass is 32.1. The lowest BCUT2D eigenvalue weighted by Crippen LogP contribution is -2.41. The van der Waals surface area contributed by atoms with Crippen LogP contribution < -0.4 is 10.8 Å². The Kier molecular flexibility index (Phi) is 13.5. The molecule has 0 radical (unpaired) electrons. The second-order valence-corrected chi connectivity index (χ2v) is 12.0. The van der Waals surface area contributed by atoms with Crippen LogP contribution in [0.1, 0.15) is 93.9 Å². The molecule has 0 aliphatic heterocycles. The highest BCUT2D eigenvalue weighted by Crippen LogP contribution is 2.30. The van der Waals surface area contributed by atoms with Gasteiger partial charge in [0.1, 0.15) is 18.5 Å². The molecule has 41 heavy (non-hydrogen) atoms. The van der Waals surface area contributed by atoms with Crippen LogP contribution in [0.15, 0.2) is 29.6 Å². The Bertz CT molecular complexity index is 1170. The molecule has 0 spiro atoms. The first kappa shape index (κ1) is 34.0. The van der Waals surface area contributed by atoms with Crippen LogP contribution in [0.4, 0.5) is 0 Å². The smallest absolute Gasteiger partial charge is 0.306 e. The van der Waals surface area contributed by atoms with Crippen LogP contribution in [0.5, 0.6) is 0 Å². The van der Waals surface area contributed by atoms with Crippen LogP contribution >= 0.6 is 11.3 Å². The van der Waals surface area contributed by atoms with Crippen molar-refractivity contribution < 1.29 is 29.0 Å². The van der Waals surface area contributed by atoms with Crippen LogP contribution in [-0.2, 0) is 25.5 Å². The summed E-state index contributed by atoms with van der Waals surface area (Å²) in [7, 11) is 3.77. The number of unbranched alkanes of at least 4 members (excludes halogenated alkanes) is 1. The van der Waals surface area contributed by atoms with E-state index in [9.17, 15) is 24.3 Å². The summed E-state index contributed by atoms with van der Waals surface area (Å²) in [5, 5.41) is 14.5. The van der Waals surface area contributed by atoms with Crippen molar-refractivity contribution in [3.05, 3.63) is 45.9 Å². The Labute approximate surface area is 248 Å². The maximum absolute atomic E-state index is 13.3.